The fourth-order valence-corrected chi connectivity index (χ4v) is 2.91. The van der Waals surface area contributed by atoms with Crippen LogP contribution < -0.4 is 0 Å². The number of hydrogen-bond acceptors (Lipinski definition) is 5. The Hall–Kier alpha value is -2.28. The average Bonchev–Trinajstić information content (AvgIpc) is 3.12. The molecule has 26 heavy (non-hydrogen) atoms. The van der Waals surface area contributed by atoms with Gasteiger partial charge in [0.15, 0.2) is 5.82 Å². The molecule has 0 aliphatic carbocycles. The number of morpholine rings is 1. The van der Waals surface area contributed by atoms with Crippen molar-refractivity contribution < 1.29 is 18.4 Å². The minimum atomic E-state index is -0.279. The third-order valence-corrected chi connectivity index (χ3v) is 4.44. The van der Waals surface area contributed by atoms with E-state index in [0.29, 0.717) is 50.7 Å². The molecule has 1 amide bonds. The highest BCUT2D eigenvalue weighted by atomic mass is 19.1. The molecular formula is C19H24FN3O3. The largest absolute Gasteiger partial charge is 0.370 e. The Balaban J connectivity index is 1.48. The number of carbonyl (C=O) groups is 1. The molecule has 1 aromatic heterocycles. The Morgan fingerprint density at radius 2 is 2.12 bits per heavy atom. The fourth-order valence-electron chi connectivity index (χ4n) is 2.91. The molecule has 2 aromatic rings. The molecule has 0 radical (unpaired) electrons. The molecule has 0 N–H and O–H groups in total. The minimum Gasteiger partial charge on any atom is -0.370 e. The number of hydrogen-bond donors (Lipinski definition) is 0. The highest BCUT2D eigenvalue weighted by molar-refractivity contribution is 5.76. The third-order valence-electron chi connectivity index (χ3n) is 4.44. The molecule has 1 aliphatic heterocycles. The van der Waals surface area contributed by atoms with Gasteiger partial charge in [0, 0.05) is 25.3 Å². The van der Waals surface area contributed by atoms with Gasteiger partial charge in [0.1, 0.15) is 11.9 Å². The van der Waals surface area contributed by atoms with Gasteiger partial charge in [0.2, 0.25) is 11.8 Å². The van der Waals surface area contributed by atoms with E-state index in [1.165, 1.54) is 12.1 Å². The van der Waals surface area contributed by atoms with Crippen LogP contribution in [0.4, 0.5) is 4.39 Å². The molecule has 3 rings (SSSR count). The number of aryl methyl sites for hydroxylation is 1. The van der Waals surface area contributed by atoms with E-state index >= 15 is 0 Å². The van der Waals surface area contributed by atoms with Crippen molar-refractivity contribution in [2.45, 2.75) is 45.1 Å². The number of aromatic nitrogens is 2. The van der Waals surface area contributed by atoms with Crippen LogP contribution in [0.3, 0.4) is 0 Å². The Labute approximate surface area is 152 Å². The van der Waals surface area contributed by atoms with Gasteiger partial charge in [-0.1, -0.05) is 31.1 Å². The topological polar surface area (TPSA) is 68.5 Å². The predicted molar refractivity (Wildman–Crippen MR) is 93.0 cm³/mol. The maximum Gasteiger partial charge on any atom is 0.226 e. The van der Waals surface area contributed by atoms with Crippen LogP contribution in [0, 0.1) is 5.82 Å². The van der Waals surface area contributed by atoms with Gasteiger partial charge >= 0.3 is 0 Å². The summed E-state index contributed by atoms with van der Waals surface area (Å²) in [5.41, 5.74) is 0.885. The van der Waals surface area contributed by atoms with Gasteiger partial charge in [-0.3, -0.25) is 4.79 Å². The molecule has 0 bridgehead atoms. The Morgan fingerprint density at radius 1 is 1.35 bits per heavy atom. The van der Waals surface area contributed by atoms with Gasteiger partial charge in [0.25, 0.3) is 0 Å². The van der Waals surface area contributed by atoms with E-state index in [1.807, 2.05) is 18.7 Å². The minimum absolute atomic E-state index is 0.0870. The Kier molecular flexibility index (Phi) is 5.98. The number of ether oxygens (including phenoxy) is 1. The van der Waals surface area contributed by atoms with Gasteiger partial charge in [-0.05, 0) is 24.1 Å². The van der Waals surface area contributed by atoms with Gasteiger partial charge in [-0.25, -0.2) is 4.39 Å². The van der Waals surface area contributed by atoms with Crippen molar-refractivity contribution >= 4 is 5.91 Å². The molecule has 7 heteroatoms. The van der Waals surface area contributed by atoms with Crippen LogP contribution in [0.5, 0.6) is 0 Å². The van der Waals surface area contributed by atoms with Crippen molar-refractivity contribution in [3.8, 4) is 0 Å². The first-order valence-corrected chi connectivity index (χ1v) is 9.00. The summed E-state index contributed by atoms with van der Waals surface area (Å²) < 4.78 is 24.0. The molecule has 1 aromatic carbocycles. The lowest BCUT2D eigenvalue weighted by Gasteiger charge is -2.33. The van der Waals surface area contributed by atoms with E-state index in [4.69, 9.17) is 9.26 Å². The van der Waals surface area contributed by atoms with Crippen LogP contribution in [0.25, 0.3) is 0 Å². The van der Waals surface area contributed by atoms with E-state index in [0.717, 1.165) is 5.56 Å². The molecule has 1 aliphatic rings. The molecular weight excluding hydrogens is 337 g/mol. The SMILES string of the molecule is CC(C)c1noc(CCCC(=O)N2CCO[C@@H](c3ccc(F)cc3)C2)n1. The molecule has 0 unspecified atom stereocenters. The first-order valence-electron chi connectivity index (χ1n) is 9.00. The molecule has 0 spiro atoms. The van der Waals surface area contributed by atoms with Crippen molar-refractivity contribution in [3.63, 3.8) is 0 Å². The lowest BCUT2D eigenvalue weighted by Crippen LogP contribution is -2.42. The predicted octanol–water partition coefficient (Wildman–Crippen LogP) is 3.25. The summed E-state index contributed by atoms with van der Waals surface area (Å²) in [5, 5.41) is 3.93. The van der Waals surface area contributed by atoms with Gasteiger partial charge < -0.3 is 14.2 Å². The Morgan fingerprint density at radius 3 is 2.81 bits per heavy atom. The van der Waals surface area contributed by atoms with Crippen LogP contribution in [0.15, 0.2) is 28.8 Å². The summed E-state index contributed by atoms with van der Waals surface area (Å²) in [7, 11) is 0. The van der Waals surface area contributed by atoms with Crippen molar-refractivity contribution in [3.05, 3.63) is 47.4 Å². The second-order valence-electron chi connectivity index (χ2n) is 6.81. The molecule has 1 fully saturated rings. The zero-order valence-electron chi connectivity index (χ0n) is 15.2. The first kappa shape index (κ1) is 18.5. The second-order valence-corrected chi connectivity index (χ2v) is 6.81. The van der Waals surface area contributed by atoms with E-state index in [9.17, 15) is 9.18 Å². The monoisotopic (exact) mass is 361 g/mol. The van der Waals surface area contributed by atoms with Crippen LogP contribution in [0.1, 0.15) is 56.0 Å². The molecule has 140 valence electrons. The van der Waals surface area contributed by atoms with Crippen molar-refractivity contribution in [2.24, 2.45) is 0 Å². The van der Waals surface area contributed by atoms with E-state index in [1.54, 1.807) is 12.1 Å². The second kappa shape index (κ2) is 8.40. The maximum atomic E-state index is 13.1. The summed E-state index contributed by atoms with van der Waals surface area (Å²) in [6.07, 6.45) is 1.47. The van der Waals surface area contributed by atoms with Crippen LogP contribution in [0.2, 0.25) is 0 Å². The molecule has 1 atom stereocenters. The smallest absolute Gasteiger partial charge is 0.226 e. The summed E-state index contributed by atoms with van der Waals surface area (Å²) in [6.45, 7) is 5.56. The average molecular weight is 361 g/mol. The number of benzene rings is 1. The molecule has 1 saturated heterocycles. The van der Waals surface area contributed by atoms with Crippen LogP contribution in [-0.4, -0.2) is 40.6 Å². The van der Waals surface area contributed by atoms with Crippen molar-refractivity contribution in [1.29, 1.82) is 0 Å². The number of nitrogens with zero attached hydrogens (tertiary/aromatic N) is 3. The van der Waals surface area contributed by atoms with E-state index in [2.05, 4.69) is 10.1 Å². The molecule has 6 nitrogen and oxygen atoms in total. The highest BCUT2D eigenvalue weighted by Gasteiger charge is 2.25. The van der Waals surface area contributed by atoms with E-state index < -0.39 is 0 Å². The zero-order valence-corrected chi connectivity index (χ0v) is 15.2. The summed E-state index contributed by atoms with van der Waals surface area (Å²) in [6, 6.07) is 6.23. The summed E-state index contributed by atoms with van der Waals surface area (Å²) in [4.78, 5) is 18.6. The molecule has 0 saturated carbocycles. The van der Waals surface area contributed by atoms with Gasteiger partial charge in [-0.15, -0.1) is 0 Å². The van der Waals surface area contributed by atoms with Crippen molar-refractivity contribution in [1.82, 2.24) is 15.0 Å². The molecule has 2 heterocycles. The van der Waals surface area contributed by atoms with Gasteiger partial charge in [-0.2, -0.15) is 4.98 Å². The summed E-state index contributed by atoms with van der Waals surface area (Å²) in [5.74, 6) is 1.31. The number of rotatable bonds is 6. The van der Waals surface area contributed by atoms with Crippen LogP contribution in [-0.2, 0) is 16.0 Å². The third kappa shape index (κ3) is 4.66. The van der Waals surface area contributed by atoms with Gasteiger partial charge in [0.05, 0.1) is 13.2 Å². The Bertz CT molecular complexity index is 730. The standard InChI is InChI=1S/C19H24FN3O3/c1-13(2)19-21-17(26-22-19)4-3-5-18(24)23-10-11-25-16(12-23)14-6-8-15(20)9-7-14/h6-9,13,16H,3-5,10-12H2,1-2H3/t16-/m1/s1. The number of amides is 1. The van der Waals surface area contributed by atoms with Crippen molar-refractivity contribution in [2.75, 3.05) is 19.7 Å². The van der Waals surface area contributed by atoms with E-state index in [-0.39, 0.29) is 23.7 Å². The van der Waals surface area contributed by atoms with Crippen LogP contribution >= 0.6 is 0 Å². The normalized spacial score (nSPS) is 17.7. The zero-order chi connectivity index (χ0) is 18.5. The number of halogens is 1. The highest BCUT2D eigenvalue weighted by Crippen LogP contribution is 2.23. The lowest BCUT2D eigenvalue weighted by molar-refractivity contribution is -0.139. The fraction of sp³-hybridized carbons (Fsp3) is 0.526. The lowest BCUT2D eigenvalue weighted by atomic mass is 10.1. The quantitative estimate of drug-likeness (QED) is 0.790. The number of carbonyl (C=O) groups excluding carboxylic acids is 1. The first-order chi connectivity index (χ1) is 12.5. The summed E-state index contributed by atoms with van der Waals surface area (Å²) >= 11 is 0. The maximum absolute atomic E-state index is 13.1.